The monoisotopic (exact) mass is 298 g/mol. The molecule has 2 atom stereocenters. The molecule has 2 aromatic rings. The molecule has 2 aromatic heterocycles. The van der Waals surface area contributed by atoms with Crippen LogP contribution in [0.2, 0.25) is 4.34 Å². The molecule has 0 spiro atoms. The molecule has 0 saturated heterocycles. The third-order valence-corrected chi connectivity index (χ3v) is 5.42. The molecule has 0 aromatic carbocycles. The molecule has 2 rings (SSSR count). The molecular weight excluding hydrogens is 284 g/mol. The van der Waals surface area contributed by atoms with Crippen molar-refractivity contribution in [1.82, 2.24) is 4.98 Å². The first-order valence-electron chi connectivity index (χ1n) is 5.79. The van der Waals surface area contributed by atoms with Crippen molar-refractivity contribution in [3.63, 3.8) is 0 Å². The zero-order valence-electron chi connectivity index (χ0n) is 10.0. The molecule has 18 heavy (non-hydrogen) atoms. The third kappa shape index (κ3) is 3.48. The van der Waals surface area contributed by atoms with E-state index >= 15 is 0 Å². The second-order valence-corrected chi connectivity index (χ2v) is 6.83. The highest BCUT2D eigenvalue weighted by Crippen LogP contribution is 2.41. The van der Waals surface area contributed by atoms with Gasteiger partial charge in [0.2, 0.25) is 0 Å². The second-order valence-electron chi connectivity index (χ2n) is 3.92. The highest BCUT2D eigenvalue weighted by molar-refractivity contribution is 7.99. The van der Waals surface area contributed by atoms with Gasteiger partial charge in [-0.1, -0.05) is 36.4 Å². The molecule has 96 valence electrons. The van der Waals surface area contributed by atoms with E-state index in [2.05, 4.69) is 18.0 Å². The molecule has 0 fully saturated rings. The molecule has 0 radical (unpaired) electrons. The maximum atomic E-state index is 6.22. The molecule has 0 bridgehead atoms. The number of nitrogens with zero attached hydrogens (tertiary/aromatic N) is 1. The molecular formula is C13H15ClN2S2. The smallest absolute Gasteiger partial charge is 0.0966 e. The number of thioether (sulfide) groups is 1. The summed E-state index contributed by atoms with van der Waals surface area (Å²) in [5.74, 6) is 0. The summed E-state index contributed by atoms with van der Waals surface area (Å²) < 4.78 is 0.805. The largest absolute Gasteiger partial charge is 0.326 e. The Bertz CT molecular complexity index is 487. The Morgan fingerprint density at radius 2 is 2.22 bits per heavy atom. The van der Waals surface area contributed by atoms with Gasteiger partial charge in [-0.2, -0.15) is 0 Å². The van der Waals surface area contributed by atoms with Gasteiger partial charge in [0.1, 0.15) is 0 Å². The maximum Gasteiger partial charge on any atom is 0.0966 e. The summed E-state index contributed by atoms with van der Waals surface area (Å²) in [6, 6.07) is 10.0. The van der Waals surface area contributed by atoms with E-state index in [-0.39, 0.29) is 11.3 Å². The standard InChI is InChI=1S/C13H15ClN2S2/c1-2-9(15)13(10-6-7-11(14)17-10)18-12-5-3-4-8-16-12/h3-9,13H,2,15H2,1H3. The van der Waals surface area contributed by atoms with Gasteiger partial charge in [0.25, 0.3) is 0 Å². The van der Waals surface area contributed by atoms with Crippen molar-refractivity contribution < 1.29 is 0 Å². The minimum absolute atomic E-state index is 0.103. The average Bonchev–Trinajstić information content (AvgIpc) is 2.83. The Labute approximate surface area is 121 Å². The Balaban J connectivity index is 2.21. The number of hydrogen-bond acceptors (Lipinski definition) is 4. The van der Waals surface area contributed by atoms with E-state index in [0.717, 1.165) is 15.8 Å². The van der Waals surface area contributed by atoms with Crippen molar-refractivity contribution in [1.29, 1.82) is 0 Å². The summed E-state index contributed by atoms with van der Waals surface area (Å²) in [7, 11) is 0. The number of nitrogens with two attached hydrogens (primary N) is 1. The van der Waals surface area contributed by atoms with Gasteiger partial charge in [0.05, 0.1) is 14.6 Å². The van der Waals surface area contributed by atoms with Crippen molar-refractivity contribution >= 4 is 34.7 Å². The van der Waals surface area contributed by atoms with Gasteiger partial charge in [0, 0.05) is 17.1 Å². The minimum atomic E-state index is 0.103. The molecule has 2 N–H and O–H groups in total. The van der Waals surface area contributed by atoms with Gasteiger partial charge in [-0.05, 0) is 30.7 Å². The highest BCUT2D eigenvalue weighted by atomic mass is 35.5. The Hall–Kier alpha value is -0.550. The molecule has 2 heterocycles. The maximum absolute atomic E-state index is 6.22. The van der Waals surface area contributed by atoms with Crippen LogP contribution in [0.25, 0.3) is 0 Å². The summed E-state index contributed by atoms with van der Waals surface area (Å²) in [6.07, 6.45) is 2.73. The van der Waals surface area contributed by atoms with Crippen molar-refractivity contribution in [2.24, 2.45) is 5.73 Å². The predicted molar refractivity (Wildman–Crippen MR) is 80.4 cm³/mol. The molecule has 0 aliphatic heterocycles. The summed E-state index contributed by atoms with van der Waals surface area (Å²) in [6.45, 7) is 2.10. The molecule has 0 aliphatic carbocycles. The van der Waals surface area contributed by atoms with Crippen molar-refractivity contribution in [2.45, 2.75) is 29.7 Å². The molecule has 2 unspecified atom stereocenters. The third-order valence-electron chi connectivity index (χ3n) is 2.62. The van der Waals surface area contributed by atoms with Crippen LogP contribution in [0.1, 0.15) is 23.5 Å². The number of rotatable bonds is 5. The van der Waals surface area contributed by atoms with Crippen LogP contribution in [-0.4, -0.2) is 11.0 Å². The van der Waals surface area contributed by atoms with E-state index < -0.39 is 0 Å². The van der Waals surface area contributed by atoms with Crippen LogP contribution in [0.4, 0.5) is 0 Å². The Morgan fingerprint density at radius 3 is 2.78 bits per heavy atom. The fourth-order valence-corrected chi connectivity index (χ4v) is 4.11. The van der Waals surface area contributed by atoms with E-state index in [4.69, 9.17) is 17.3 Å². The van der Waals surface area contributed by atoms with Crippen LogP contribution < -0.4 is 5.73 Å². The van der Waals surface area contributed by atoms with Crippen LogP contribution in [0.3, 0.4) is 0 Å². The number of halogens is 1. The lowest BCUT2D eigenvalue weighted by Gasteiger charge is -2.20. The number of thiophene rings is 1. The quantitative estimate of drug-likeness (QED) is 0.833. The van der Waals surface area contributed by atoms with Gasteiger partial charge in [-0.25, -0.2) is 4.98 Å². The molecule has 0 aliphatic rings. The van der Waals surface area contributed by atoms with Crippen LogP contribution in [0.15, 0.2) is 41.6 Å². The second kappa shape index (κ2) is 6.57. The summed E-state index contributed by atoms with van der Waals surface area (Å²) in [4.78, 5) is 5.56. The summed E-state index contributed by atoms with van der Waals surface area (Å²) in [5.41, 5.74) is 6.22. The number of aromatic nitrogens is 1. The van der Waals surface area contributed by atoms with Gasteiger partial charge in [0.15, 0.2) is 0 Å². The minimum Gasteiger partial charge on any atom is -0.326 e. The van der Waals surface area contributed by atoms with E-state index in [1.807, 2.05) is 24.3 Å². The lowest BCUT2D eigenvalue weighted by molar-refractivity contribution is 0.639. The van der Waals surface area contributed by atoms with Crippen molar-refractivity contribution in [3.05, 3.63) is 45.7 Å². The van der Waals surface area contributed by atoms with Crippen LogP contribution in [0.5, 0.6) is 0 Å². The van der Waals surface area contributed by atoms with Crippen LogP contribution in [-0.2, 0) is 0 Å². The van der Waals surface area contributed by atoms with Gasteiger partial charge < -0.3 is 5.73 Å². The topological polar surface area (TPSA) is 38.9 Å². The Morgan fingerprint density at radius 1 is 1.39 bits per heavy atom. The van der Waals surface area contributed by atoms with E-state index in [0.29, 0.717) is 0 Å². The van der Waals surface area contributed by atoms with Gasteiger partial charge >= 0.3 is 0 Å². The van der Waals surface area contributed by atoms with Gasteiger partial charge in [-0.3, -0.25) is 0 Å². The normalized spacial score (nSPS) is 14.4. The van der Waals surface area contributed by atoms with E-state index in [1.165, 1.54) is 4.88 Å². The first kappa shape index (κ1) is 13.9. The number of pyridine rings is 1. The molecule has 2 nitrogen and oxygen atoms in total. The zero-order chi connectivity index (χ0) is 13.0. The van der Waals surface area contributed by atoms with Gasteiger partial charge in [-0.15, -0.1) is 11.3 Å². The first-order valence-corrected chi connectivity index (χ1v) is 7.86. The average molecular weight is 299 g/mol. The molecule has 0 amide bonds. The summed E-state index contributed by atoms with van der Waals surface area (Å²) >= 11 is 9.31. The Kier molecular flexibility index (Phi) is 5.06. The molecule has 0 saturated carbocycles. The summed E-state index contributed by atoms with van der Waals surface area (Å²) in [5, 5.41) is 1.21. The van der Waals surface area contributed by atoms with E-state index in [9.17, 15) is 0 Å². The fourth-order valence-electron chi connectivity index (χ4n) is 1.60. The predicted octanol–water partition coefficient (Wildman–Crippen LogP) is 4.37. The van der Waals surface area contributed by atoms with Crippen molar-refractivity contribution in [3.8, 4) is 0 Å². The van der Waals surface area contributed by atoms with E-state index in [1.54, 1.807) is 29.3 Å². The highest BCUT2D eigenvalue weighted by Gasteiger charge is 2.22. The fraction of sp³-hybridized carbons (Fsp3) is 0.308. The van der Waals surface area contributed by atoms with Crippen molar-refractivity contribution in [2.75, 3.05) is 0 Å². The zero-order valence-corrected chi connectivity index (χ0v) is 12.4. The SMILES string of the molecule is CCC(N)C(Sc1ccccn1)c1ccc(Cl)s1. The van der Waals surface area contributed by atoms with Crippen LogP contribution >= 0.6 is 34.7 Å². The molecule has 5 heteroatoms. The van der Waals surface area contributed by atoms with Crippen LogP contribution in [0, 0.1) is 0 Å². The number of hydrogen-bond donors (Lipinski definition) is 1. The lowest BCUT2D eigenvalue weighted by Crippen LogP contribution is -2.25. The first-order chi connectivity index (χ1) is 8.70. The lowest BCUT2D eigenvalue weighted by atomic mass is 10.1.